The highest BCUT2D eigenvalue weighted by molar-refractivity contribution is 7.89. The Bertz CT molecular complexity index is 616. The molecule has 7 nitrogen and oxygen atoms in total. The summed E-state index contributed by atoms with van der Waals surface area (Å²) in [6.45, 7) is 0.669. The summed E-state index contributed by atoms with van der Waals surface area (Å²) in [5.41, 5.74) is -0.0361. The van der Waals surface area contributed by atoms with Gasteiger partial charge in [0.15, 0.2) is 5.03 Å². The van der Waals surface area contributed by atoms with Gasteiger partial charge in [0, 0.05) is 19.3 Å². The zero-order valence-corrected chi connectivity index (χ0v) is 11.4. The van der Waals surface area contributed by atoms with Gasteiger partial charge in [-0.2, -0.15) is 4.31 Å². The highest BCUT2D eigenvalue weighted by Crippen LogP contribution is 2.29. The van der Waals surface area contributed by atoms with Crippen molar-refractivity contribution in [1.29, 1.82) is 0 Å². The quantitative estimate of drug-likeness (QED) is 0.864. The van der Waals surface area contributed by atoms with E-state index < -0.39 is 16.0 Å². The normalized spacial score (nSPS) is 26.6. The summed E-state index contributed by atoms with van der Waals surface area (Å²) in [7, 11) is -3.68. The third-order valence-electron chi connectivity index (χ3n) is 3.60. The minimum Gasteiger partial charge on any atom is -0.478 e. The van der Waals surface area contributed by atoms with Gasteiger partial charge in [-0.3, -0.25) is 0 Å². The molecule has 0 spiro atoms. The lowest BCUT2D eigenvalue weighted by atomic mass is 10.2. The van der Waals surface area contributed by atoms with Crippen molar-refractivity contribution in [2.75, 3.05) is 13.1 Å². The zero-order valence-electron chi connectivity index (χ0n) is 10.6. The minimum atomic E-state index is -3.68. The third-order valence-corrected chi connectivity index (χ3v) is 5.35. The second-order valence-electron chi connectivity index (χ2n) is 4.97. The van der Waals surface area contributed by atoms with Crippen LogP contribution < -0.4 is 0 Å². The number of ether oxygens (including phenoxy) is 1. The summed E-state index contributed by atoms with van der Waals surface area (Å²) >= 11 is 0. The van der Waals surface area contributed by atoms with E-state index in [1.54, 1.807) is 0 Å². The first kappa shape index (κ1) is 13.5. The van der Waals surface area contributed by atoms with Crippen LogP contribution in [0.3, 0.4) is 0 Å². The van der Waals surface area contributed by atoms with Gasteiger partial charge >= 0.3 is 5.97 Å². The molecule has 2 aliphatic heterocycles. The SMILES string of the molecule is O=C(O)c1ccc(S(=O)(=O)N2CC3CCC(C2)O3)nc1. The molecule has 3 rings (SSSR count). The van der Waals surface area contributed by atoms with E-state index in [9.17, 15) is 13.2 Å². The molecule has 1 aromatic heterocycles. The van der Waals surface area contributed by atoms with Gasteiger partial charge in [0.1, 0.15) is 0 Å². The number of pyridine rings is 1. The van der Waals surface area contributed by atoms with Crippen molar-refractivity contribution < 1.29 is 23.1 Å². The van der Waals surface area contributed by atoms with Gasteiger partial charge in [0.05, 0.1) is 17.8 Å². The summed E-state index contributed by atoms with van der Waals surface area (Å²) in [4.78, 5) is 14.5. The van der Waals surface area contributed by atoms with Gasteiger partial charge in [-0.25, -0.2) is 18.2 Å². The lowest BCUT2D eigenvalue weighted by molar-refractivity contribution is -0.0115. The van der Waals surface area contributed by atoms with Crippen molar-refractivity contribution in [1.82, 2.24) is 9.29 Å². The standard InChI is InChI=1S/C12H14N2O5S/c15-12(16)8-1-4-11(13-5-8)20(17,18)14-6-9-2-3-10(7-14)19-9/h1,4-5,9-10H,2-3,6-7H2,(H,15,16). The lowest BCUT2D eigenvalue weighted by Gasteiger charge is -2.30. The number of hydrogen-bond donors (Lipinski definition) is 1. The van der Waals surface area contributed by atoms with Crippen LogP contribution in [0.15, 0.2) is 23.4 Å². The van der Waals surface area contributed by atoms with Crippen LogP contribution in [0, 0.1) is 0 Å². The molecular weight excluding hydrogens is 284 g/mol. The topological polar surface area (TPSA) is 96.8 Å². The number of aromatic nitrogens is 1. The van der Waals surface area contributed by atoms with Crippen LogP contribution in [0.4, 0.5) is 0 Å². The van der Waals surface area contributed by atoms with Crippen molar-refractivity contribution in [2.45, 2.75) is 30.1 Å². The number of carbonyl (C=O) groups is 1. The molecule has 8 heteroatoms. The molecule has 2 unspecified atom stereocenters. The Hall–Kier alpha value is -1.51. The number of sulfonamides is 1. The van der Waals surface area contributed by atoms with Crippen LogP contribution in [0.1, 0.15) is 23.2 Å². The first-order valence-corrected chi connectivity index (χ1v) is 7.76. The fraction of sp³-hybridized carbons (Fsp3) is 0.500. The number of nitrogens with zero attached hydrogens (tertiary/aromatic N) is 2. The van der Waals surface area contributed by atoms with Gasteiger partial charge in [0.2, 0.25) is 0 Å². The van der Waals surface area contributed by atoms with Gasteiger partial charge in [-0.15, -0.1) is 0 Å². The second kappa shape index (κ2) is 4.80. The summed E-state index contributed by atoms with van der Waals surface area (Å²) in [6.07, 6.45) is 2.73. The summed E-state index contributed by atoms with van der Waals surface area (Å²) in [5.74, 6) is -1.13. The molecule has 2 bridgehead atoms. The summed E-state index contributed by atoms with van der Waals surface area (Å²) < 4.78 is 31.9. The molecule has 2 aliphatic rings. The molecule has 1 N–H and O–H groups in total. The van der Waals surface area contributed by atoms with Gasteiger partial charge < -0.3 is 9.84 Å². The van der Waals surface area contributed by atoms with Gasteiger partial charge in [0.25, 0.3) is 10.0 Å². The maximum Gasteiger partial charge on any atom is 0.337 e. The monoisotopic (exact) mass is 298 g/mol. The van der Waals surface area contributed by atoms with Gasteiger partial charge in [-0.1, -0.05) is 0 Å². The Labute approximate surface area is 116 Å². The minimum absolute atomic E-state index is 0.0361. The molecule has 0 amide bonds. The number of hydrogen-bond acceptors (Lipinski definition) is 5. The van der Waals surface area contributed by atoms with E-state index in [0.29, 0.717) is 13.1 Å². The van der Waals surface area contributed by atoms with Crippen LogP contribution in [-0.4, -0.2) is 54.1 Å². The third kappa shape index (κ3) is 2.30. The molecule has 2 saturated heterocycles. The molecule has 1 aromatic rings. The predicted molar refractivity (Wildman–Crippen MR) is 67.9 cm³/mol. The number of rotatable bonds is 3. The lowest BCUT2D eigenvalue weighted by Crippen LogP contribution is -2.45. The Morgan fingerprint density at radius 2 is 1.95 bits per heavy atom. The molecule has 0 aromatic carbocycles. The Morgan fingerprint density at radius 3 is 2.45 bits per heavy atom. The van der Waals surface area contributed by atoms with E-state index in [0.717, 1.165) is 19.0 Å². The molecule has 3 heterocycles. The van der Waals surface area contributed by atoms with Crippen LogP contribution in [-0.2, 0) is 14.8 Å². The zero-order chi connectivity index (χ0) is 14.3. The van der Waals surface area contributed by atoms with E-state index in [2.05, 4.69) is 4.98 Å². The molecule has 0 aliphatic carbocycles. The average Bonchev–Trinajstić information content (AvgIpc) is 2.77. The molecule has 0 radical (unpaired) electrons. The number of morpholine rings is 1. The highest BCUT2D eigenvalue weighted by Gasteiger charge is 2.39. The molecule has 108 valence electrons. The second-order valence-corrected chi connectivity index (χ2v) is 6.85. The number of carboxylic acid groups (broad SMARTS) is 1. The maximum absolute atomic E-state index is 12.4. The fourth-order valence-electron chi connectivity index (χ4n) is 2.57. The Morgan fingerprint density at radius 1 is 1.30 bits per heavy atom. The van der Waals surface area contributed by atoms with Crippen LogP contribution in [0.5, 0.6) is 0 Å². The average molecular weight is 298 g/mol. The number of carboxylic acids is 1. The van der Waals surface area contributed by atoms with Crippen molar-refractivity contribution in [3.63, 3.8) is 0 Å². The smallest absolute Gasteiger partial charge is 0.337 e. The highest BCUT2D eigenvalue weighted by atomic mass is 32.2. The van der Waals surface area contributed by atoms with Crippen molar-refractivity contribution in [3.05, 3.63) is 23.9 Å². The largest absolute Gasteiger partial charge is 0.478 e. The Balaban J connectivity index is 1.86. The molecule has 2 atom stereocenters. The molecule has 0 saturated carbocycles. The van der Waals surface area contributed by atoms with E-state index in [-0.39, 0.29) is 22.8 Å². The van der Waals surface area contributed by atoms with Crippen molar-refractivity contribution in [2.24, 2.45) is 0 Å². The molecular formula is C12H14N2O5S. The van der Waals surface area contributed by atoms with E-state index >= 15 is 0 Å². The predicted octanol–water partition coefficient (Wildman–Crippen LogP) is 0.332. The van der Waals surface area contributed by atoms with E-state index in [1.165, 1.54) is 16.4 Å². The first-order valence-electron chi connectivity index (χ1n) is 6.32. The van der Waals surface area contributed by atoms with Crippen molar-refractivity contribution >= 4 is 16.0 Å². The number of aromatic carboxylic acids is 1. The van der Waals surface area contributed by atoms with E-state index in [1.807, 2.05) is 0 Å². The number of fused-ring (bicyclic) bond motifs is 2. The summed E-state index contributed by atoms with van der Waals surface area (Å²) in [6, 6.07) is 2.48. The fourth-order valence-corrected chi connectivity index (χ4v) is 3.98. The van der Waals surface area contributed by atoms with E-state index in [4.69, 9.17) is 9.84 Å². The van der Waals surface area contributed by atoms with Crippen LogP contribution in [0.2, 0.25) is 0 Å². The molecule has 20 heavy (non-hydrogen) atoms. The first-order chi connectivity index (χ1) is 9.46. The van der Waals surface area contributed by atoms with Crippen LogP contribution in [0.25, 0.3) is 0 Å². The molecule has 2 fully saturated rings. The van der Waals surface area contributed by atoms with Crippen molar-refractivity contribution in [3.8, 4) is 0 Å². The maximum atomic E-state index is 12.4. The van der Waals surface area contributed by atoms with Crippen LogP contribution >= 0.6 is 0 Å². The Kier molecular flexibility index (Phi) is 3.23. The van der Waals surface area contributed by atoms with Gasteiger partial charge in [-0.05, 0) is 25.0 Å². The summed E-state index contributed by atoms with van der Waals surface area (Å²) in [5, 5.41) is 8.67.